The monoisotopic (exact) mass is 310 g/mol. The molecule has 1 aromatic rings. The molecule has 1 N–H and O–H groups in total. The van der Waals surface area contributed by atoms with Gasteiger partial charge < -0.3 is 22.1 Å². The van der Waals surface area contributed by atoms with E-state index in [-0.39, 0.29) is 17.0 Å². The standard InChI is InChI=1S/C15H21NO.BrH/c1-2-8-16-9-7-13-14-10-12(17)5-3-11(14)4-6-15(13)16;/h3,5,10,13,15,17H,2,4,6-9H2,1H3;1H/p-1. The predicted molar refractivity (Wildman–Crippen MR) is 69.4 cm³/mol. The molecule has 1 aromatic carbocycles. The Morgan fingerprint density at radius 3 is 2.94 bits per heavy atom. The number of hydrogen-bond donors (Lipinski definition) is 1. The van der Waals surface area contributed by atoms with Crippen LogP contribution in [0.5, 0.6) is 5.75 Å². The van der Waals surface area contributed by atoms with Gasteiger partial charge in [-0.2, -0.15) is 0 Å². The first-order valence-electron chi connectivity index (χ1n) is 6.85. The molecule has 0 aromatic heterocycles. The van der Waals surface area contributed by atoms with E-state index in [0.29, 0.717) is 11.7 Å². The molecule has 0 amide bonds. The number of rotatable bonds is 2. The van der Waals surface area contributed by atoms with Crippen LogP contribution in [0.4, 0.5) is 0 Å². The van der Waals surface area contributed by atoms with Crippen LogP contribution >= 0.6 is 0 Å². The minimum atomic E-state index is 0. The van der Waals surface area contributed by atoms with E-state index in [9.17, 15) is 5.11 Å². The summed E-state index contributed by atoms with van der Waals surface area (Å²) >= 11 is 0. The molecule has 1 aliphatic heterocycles. The second-order valence-corrected chi connectivity index (χ2v) is 5.42. The van der Waals surface area contributed by atoms with Gasteiger partial charge in [0.15, 0.2) is 0 Å². The summed E-state index contributed by atoms with van der Waals surface area (Å²) in [7, 11) is 0. The van der Waals surface area contributed by atoms with Gasteiger partial charge in [-0.15, -0.1) is 0 Å². The summed E-state index contributed by atoms with van der Waals surface area (Å²) in [5.74, 6) is 1.09. The summed E-state index contributed by atoms with van der Waals surface area (Å²) in [6, 6.07) is 6.67. The van der Waals surface area contributed by atoms with Crippen molar-refractivity contribution in [3.05, 3.63) is 29.3 Å². The van der Waals surface area contributed by atoms with Crippen molar-refractivity contribution in [2.24, 2.45) is 0 Å². The number of benzene rings is 1. The van der Waals surface area contributed by atoms with E-state index in [2.05, 4.69) is 17.9 Å². The van der Waals surface area contributed by atoms with E-state index < -0.39 is 0 Å². The highest BCUT2D eigenvalue weighted by atomic mass is 79.9. The molecule has 2 unspecified atom stereocenters. The van der Waals surface area contributed by atoms with Crippen molar-refractivity contribution in [2.75, 3.05) is 13.1 Å². The van der Waals surface area contributed by atoms with Crippen LogP contribution < -0.4 is 17.0 Å². The highest BCUT2D eigenvalue weighted by molar-refractivity contribution is 5.40. The fourth-order valence-electron chi connectivity index (χ4n) is 3.69. The van der Waals surface area contributed by atoms with Crippen molar-refractivity contribution in [3.63, 3.8) is 0 Å². The minimum absolute atomic E-state index is 0. The molecule has 0 radical (unpaired) electrons. The van der Waals surface area contributed by atoms with Gasteiger partial charge in [0.2, 0.25) is 0 Å². The van der Waals surface area contributed by atoms with Crippen molar-refractivity contribution in [1.29, 1.82) is 0 Å². The third-order valence-corrected chi connectivity index (χ3v) is 4.41. The van der Waals surface area contributed by atoms with Crippen LogP contribution in [0, 0.1) is 0 Å². The molecule has 1 aliphatic carbocycles. The number of aryl methyl sites for hydroxylation is 1. The summed E-state index contributed by atoms with van der Waals surface area (Å²) in [6.07, 6.45) is 4.98. The van der Waals surface area contributed by atoms with Gasteiger partial charge >= 0.3 is 0 Å². The smallest absolute Gasteiger partial charge is 0.115 e. The molecule has 0 saturated carbocycles. The lowest BCUT2D eigenvalue weighted by Gasteiger charge is -2.33. The Kier molecular flexibility index (Phi) is 4.33. The second-order valence-electron chi connectivity index (χ2n) is 5.42. The Balaban J connectivity index is 0.00000120. The van der Waals surface area contributed by atoms with Crippen LogP contribution in [0.1, 0.15) is 43.2 Å². The topological polar surface area (TPSA) is 23.5 Å². The summed E-state index contributed by atoms with van der Waals surface area (Å²) in [6.45, 7) is 4.73. The Bertz CT molecular complexity index is 421. The van der Waals surface area contributed by atoms with Gasteiger partial charge in [-0.25, -0.2) is 0 Å². The fraction of sp³-hybridized carbons (Fsp3) is 0.600. The van der Waals surface area contributed by atoms with Crippen LogP contribution in [0.2, 0.25) is 0 Å². The van der Waals surface area contributed by atoms with Crippen molar-refractivity contribution < 1.29 is 22.1 Å². The summed E-state index contributed by atoms with van der Waals surface area (Å²) in [5, 5.41) is 9.66. The first-order valence-corrected chi connectivity index (χ1v) is 6.85. The fourth-order valence-corrected chi connectivity index (χ4v) is 3.69. The summed E-state index contributed by atoms with van der Waals surface area (Å²) in [5.41, 5.74) is 2.88. The first-order chi connectivity index (χ1) is 8.29. The molecule has 1 heterocycles. The Morgan fingerprint density at radius 1 is 1.33 bits per heavy atom. The van der Waals surface area contributed by atoms with E-state index in [1.54, 1.807) is 0 Å². The maximum atomic E-state index is 9.66. The normalized spacial score (nSPS) is 26.3. The van der Waals surface area contributed by atoms with E-state index in [1.165, 1.54) is 49.9 Å². The Morgan fingerprint density at radius 2 is 2.17 bits per heavy atom. The molecule has 18 heavy (non-hydrogen) atoms. The molecule has 3 rings (SSSR count). The zero-order chi connectivity index (χ0) is 11.8. The van der Waals surface area contributed by atoms with Crippen LogP contribution in [0.3, 0.4) is 0 Å². The molecule has 1 saturated heterocycles. The zero-order valence-electron chi connectivity index (χ0n) is 10.9. The molecular weight excluding hydrogens is 290 g/mol. The maximum absolute atomic E-state index is 9.66. The number of phenolic OH excluding ortho intramolecular Hbond substituents is 1. The van der Waals surface area contributed by atoms with Crippen molar-refractivity contribution >= 4 is 0 Å². The van der Waals surface area contributed by atoms with E-state index >= 15 is 0 Å². The van der Waals surface area contributed by atoms with Gasteiger partial charge in [-0.3, -0.25) is 4.90 Å². The van der Waals surface area contributed by atoms with Gasteiger partial charge in [0, 0.05) is 12.0 Å². The van der Waals surface area contributed by atoms with Crippen LogP contribution in [0.25, 0.3) is 0 Å². The average molecular weight is 311 g/mol. The van der Waals surface area contributed by atoms with E-state index in [0.717, 1.165) is 6.04 Å². The zero-order valence-corrected chi connectivity index (χ0v) is 12.5. The van der Waals surface area contributed by atoms with Crippen LogP contribution in [-0.2, 0) is 6.42 Å². The molecule has 2 atom stereocenters. The number of aromatic hydroxyl groups is 1. The number of hydrogen-bond acceptors (Lipinski definition) is 2. The van der Waals surface area contributed by atoms with Crippen molar-refractivity contribution in [3.8, 4) is 5.75 Å². The molecule has 2 nitrogen and oxygen atoms in total. The molecule has 2 aliphatic rings. The van der Waals surface area contributed by atoms with Crippen LogP contribution in [-0.4, -0.2) is 29.1 Å². The lowest BCUT2D eigenvalue weighted by molar-refractivity contribution is -0.00000459. The number of fused-ring (bicyclic) bond motifs is 3. The average Bonchev–Trinajstić information content (AvgIpc) is 2.73. The highest BCUT2D eigenvalue weighted by Gasteiger charge is 2.37. The van der Waals surface area contributed by atoms with Gasteiger partial charge in [0.25, 0.3) is 0 Å². The molecular formula is C15H21BrNO-. The van der Waals surface area contributed by atoms with Crippen LogP contribution in [0.15, 0.2) is 18.2 Å². The van der Waals surface area contributed by atoms with Gasteiger partial charge in [-0.1, -0.05) is 13.0 Å². The summed E-state index contributed by atoms with van der Waals surface area (Å²) < 4.78 is 0. The van der Waals surface area contributed by atoms with Crippen molar-refractivity contribution in [2.45, 2.75) is 44.6 Å². The van der Waals surface area contributed by atoms with Crippen molar-refractivity contribution in [1.82, 2.24) is 4.90 Å². The Labute approximate surface area is 120 Å². The van der Waals surface area contributed by atoms with E-state index in [4.69, 9.17) is 0 Å². The third kappa shape index (κ3) is 2.30. The largest absolute Gasteiger partial charge is 1.00 e. The minimum Gasteiger partial charge on any atom is -1.00 e. The number of phenols is 1. The molecule has 100 valence electrons. The van der Waals surface area contributed by atoms with E-state index in [1.807, 2.05) is 12.1 Å². The number of likely N-dealkylation sites (tertiary alicyclic amines) is 1. The maximum Gasteiger partial charge on any atom is 0.115 e. The molecule has 0 bridgehead atoms. The molecule has 1 fully saturated rings. The second kappa shape index (κ2) is 5.62. The summed E-state index contributed by atoms with van der Waals surface area (Å²) in [4.78, 5) is 2.65. The Hall–Kier alpha value is -0.540. The SMILES string of the molecule is CCCN1CCC2c3cc(O)ccc3CCC21.[Br-]. The van der Waals surface area contributed by atoms with Gasteiger partial charge in [0.1, 0.15) is 5.75 Å². The van der Waals surface area contributed by atoms with Gasteiger partial charge in [-0.05, 0) is 62.0 Å². The van der Waals surface area contributed by atoms with Gasteiger partial charge in [0.05, 0.1) is 0 Å². The number of halogens is 1. The quantitative estimate of drug-likeness (QED) is 0.825. The highest BCUT2D eigenvalue weighted by Crippen LogP contribution is 2.42. The number of nitrogens with zero attached hydrogens (tertiary/aromatic N) is 1. The molecule has 0 spiro atoms. The lowest BCUT2D eigenvalue weighted by Crippen LogP contribution is -3.00. The lowest BCUT2D eigenvalue weighted by atomic mass is 9.79. The predicted octanol–water partition coefficient (Wildman–Crippen LogP) is -0.0897. The first kappa shape index (κ1) is 13.9. The third-order valence-electron chi connectivity index (χ3n) is 4.41. The molecule has 3 heteroatoms.